The molecule has 25 heavy (non-hydrogen) atoms. The molecule has 2 N–H and O–H groups in total. The highest BCUT2D eigenvalue weighted by Gasteiger charge is 2.07. The van der Waals surface area contributed by atoms with Crippen molar-refractivity contribution in [3.63, 3.8) is 0 Å². The third kappa shape index (κ3) is 4.35. The van der Waals surface area contributed by atoms with Crippen molar-refractivity contribution in [3.05, 3.63) is 102 Å². The summed E-state index contributed by atoms with van der Waals surface area (Å²) in [6, 6.07) is 17.9. The molecule has 0 aliphatic heterocycles. The molecule has 0 aliphatic carbocycles. The predicted molar refractivity (Wildman–Crippen MR) is 96.5 cm³/mol. The Hall–Kier alpha value is -3.34. The first kappa shape index (κ1) is 16.5. The molecule has 0 unspecified atom stereocenters. The highest BCUT2D eigenvalue weighted by molar-refractivity contribution is 6.07. The lowest BCUT2D eigenvalue weighted by molar-refractivity contribution is 0.605. The maximum Gasteiger partial charge on any atom is 0.177 e. The van der Waals surface area contributed by atoms with Crippen LogP contribution in [-0.2, 0) is 6.54 Å². The van der Waals surface area contributed by atoms with E-state index in [1.807, 2.05) is 30.3 Å². The zero-order valence-electron chi connectivity index (χ0n) is 13.5. The van der Waals surface area contributed by atoms with E-state index in [-0.39, 0.29) is 11.5 Å². The molecule has 0 saturated carbocycles. The number of hydrogen-bond donors (Lipinski definition) is 2. The summed E-state index contributed by atoms with van der Waals surface area (Å²) in [5, 5.41) is 11.4. The Bertz CT molecular complexity index is 876. The van der Waals surface area contributed by atoms with Crippen molar-refractivity contribution < 1.29 is 4.39 Å². The van der Waals surface area contributed by atoms with Gasteiger partial charge in [-0.3, -0.25) is 5.41 Å². The predicted octanol–water partition coefficient (Wildman–Crippen LogP) is 3.81. The highest BCUT2D eigenvalue weighted by atomic mass is 19.1. The van der Waals surface area contributed by atoms with Crippen molar-refractivity contribution in [1.82, 2.24) is 15.3 Å². The standard InChI is InChI=1S/C20H17FN4/c21-17-10-5-4-9-16(17)14-25-19(15-7-2-1-3-8-15)13-18(22)20-23-11-6-12-24-20/h1-13,22,25H,14H2/b19-13-,22-18?. The van der Waals surface area contributed by atoms with Crippen molar-refractivity contribution in [2.45, 2.75) is 6.54 Å². The second-order valence-electron chi connectivity index (χ2n) is 5.36. The average molecular weight is 332 g/mol. The topological polar surface area (TPSA) is 61.7 Å². The third-order valence-electron chi connectivity index (χ3n) is 3.61. The quantitative estimate of drug-likeness (QED) is 0.675. The van der Waals surface area contributed by atoms with Crippen LogP contribution in [0.2, 0.25) is 0 Å². The summed E-state index contributed by atoms with van der Waals surface area (Å²) >= 11 is 0. The molecule has 0 spiro atoms. The number of nitrogens with one attached hydrogen (secondary N) is 2. The first-order valence-electron chi connectivity index (χ1n) is 7.84. The van der Waals surface area contributed by atoms with E-state index in [2.05, 4.69) is 15.3 Å². The number of aromatic nitrogens is 2. The smallest absolute Gasteiger partial charge is 0.177 e. The molecule has 0 aliphatic rings. The SMILES string of the molecule is N=C(/C=C(\NCc1ccccc1F)c1ccccc1)c1ncccn1. The van der Waals surface area contributed by atoms with Gasteiger partial charge in [-0.2, -0.15) is 0 Å². The van der Waals surface area contributed by atoms with Crippen LogP contribution in [0.4, 0.5) is 4.39 Å². The Morgan fingerprint density at radius 3 is 2.36 bits per heavy atom. The van der Waals surface area contributed by atoms with Gasteiger partial charge in [0.15, 0.2) is 5.82 Å². The lowest BCUT2D eigenvalue weighted by Crippen LogP contribution is -2.15. The van der Waals surface area contributed by atoms with Crippen LogP contribution in [0.5, 0.6) is 0 Å². The van der Waals surface area contributed by atoms with Gasteiger partial charge in [-0.15, -0.1) is 0 Å². The second kappa shape index (κ2) is 7.97. The first-order chi connectivity index (χ1) is 12.2. The minimum atomic E-state index is -0.260. The Kier molecular flexibility index (Phi) is 5.26. The average Bonchev–Trinajstić information content (AvgIpc) is 2.67. The number of nitrogens with zero attached hydrogens (tertiary/aromatic N) is 2. The minimum absolute atomic E-state index is 0.181. The van der Waals surface area contributed by atoms with Crippen LogP contribution >= 0.6 is 0 Å². The van der Waals surface area contributed by atoms with Gasteiger partial charge in [-0.1, -0.05) is 48.5 Å². The van der Waals surface area contributed by atoms with Gasteiger partial charge in [0.05, 0.1) is 0 Å². The third-order valence-corrected chi connectivity index (χ3v) is 3.61. The van der Waals surface area contributed by atoms with E-state index in [1.54, 1.807) is 42.7 Å². The maximum atomic E-state index is 13.8. The van der Waals surface area contributed by atoms with E-state index in [9.17, 15) is 4.39 Å². The fourth-order valence-corrected chi connectivity index (χ4v) is 2.33. The van der Waals surface area contributed by atoms with E-state index in [4.69, 9.17) is 5.41 Å². The zero-order chi connectivity index (χ0) is 17.5. The minimum Gasteiger partial charge on any atom is -0.380 e. The van der Waals surface area contributed by atoms with Crippen LogP contribution in [0.15, 0.2) is 79.1 Å². The van der Waals surface area contributed by atoms with Gasteiger partial charge in [-0.05, 0) is 23.8 Å². The van der Waals surface area contributed by atoms with Crippen molar-refractivity contribution >= 4 is 11.4 Å². The van der Waals surface area contributed by atoms with Gasteiger partial charge < -0.3 is 5.32 Å². The summed E-state index contributed by atoms with van der Waals surface area (Å²) in [5.74, 6) is 0.0764. The molecule has 5 heteroatoms. The molecular formula is C20H17FN4. The van der Waals surface area contributed by atoms with Crippen LogP contribution < -0.4 is 5.32 Å². The molecule has 0 saturated heterocycles. The van der Waals surface area contributed by atoms with E-state index in [0.717, 1.165) is 5.56 Å². The van der Waals surface area contributed by atoms with Crippen LogP contribution in [-0.4, -0.2) is 15.7 Å². The second-order valence-corrected chi connectivity index (χ2v) is 5.36. The molecule has 1 heterocycles. The summed E-state index contributed by atoms with van der Waals surface area (Å²) < 4.78 is 13.8. The van der Waals surface area contributed by atoms with Crippen molar-refractivity contribution in [3.8, 4) is 0 Å². The normalized spacial score (nSPS) is 11.2. The fraction of sp³-hybridized carbons (Fsp3) is 0.0500. The largest absolute Gasteiger partial charge is 0.380 e. The highest BCUT2D eigenvalue weighted by Crippen LogP contribution is 2.14. The van der Waals surface area contributed by atoms with Crippen molar-refractivity contribution in [1.29, 1.82) is 5.41 Å². The molecule has 0 radical (unpaired) electrons. The lowest BCUT2D eigenvalue weighted by atomic mass is 10.1. The zero-order valence-corrected chi connectivity index (χ0v) is 13.5. The number of benzene rings is 2. The Labute approximate surface area is 145 Å². The van der Waals surface area contributed by atoms with Crippen LogP contribution in [0.25, 0.3) is 5.70 Å². The summed E-state index contributed by atoms with van der Waals surface area (Å²) in [6.07, 6.45) is 4.85. The summed E-state index contributed by atoms with van der Waals surface area (Å²) in [7, 11) is 0. The number of halogens is 1. The fourth-order valence-electron chi connectivity index (χ4n) is 2.33. The van der Waals surface area contributed by atoms with E-state index in [1.165, 1.54) is 6.07 Å². The van der Waals surface area contributed by atoms with Gasteiger partial charge in [-0.25, -0.2) is 14.4 Å². The van der Waals surface area contributed by atoms with Gasteiger partial charge in [0.25, 0.3) is 0 Å². The van der Waals surface area contributed by atoms with Gasteiger partial charge in [0.2, 0.25) is 0 Å². The molecule has 0 bridgehead atoms. The number of rotatable bonds is 6. The molecule has 4 nitrogen and oxygen atoms in total. The number of hydrogen-bond acceptors (Lipinski definition) is 4. The van der Waals surface area contributed by atoms with Gasteiger partial charge in [0, 0.05) is 30.2 Å². The van der Waals surface area contributed by atoms with E-state index < -0.39 is 0 Å². The molecular weight excluding hydrogens is 315 g/mol. The van der Waals surface area contributed by atoms with Crippen molar-refractivity contribution in [2.75, 3.05) is 0 Å². The van der Waals surface area contributed by atoms with E-state index in [0.29, 0.717) is 23.6 Å². The monoisotopic (exact) mass is 332 g/mol. The Morgan fingerprint density at radius 1 is 0.960 bits per heavy atom. The molecule has 2 aromatic carbocycles. The summed E-state index contributed by atoms with van der Waals surface area (Å²) in [5.41, 5.74) is 2.35. The molecule has 1 aromatic heterocycles. The molecule has 0 amide bonds. The maximum absolute atomic E-state index is 13.8. The molecule has 0 atom stereocenters. The summed E-state index contributed by atoms with van der Waals surface area (Å²) in [4.78, 5) is 8.18. The molecule has 3 aromatic rings. The summed E-state index contributed by atoms with van der Waals surface area (Å²) in [6.45, 7) is 0.316. The van der Waals surface area contributed by atoms with E-state index >= 15 is 0 Å². The lowest BCUT2D eigenvalue weighted by Gasteiger charge is -2.12. The molecule has 0 fully saturated rings. The first-order valence-corrected chi connectivity index (χ1v) is 7.84. The van der Waals surface area contributed by atoms with Crippen molar-refractivity contribution in [2.24, 2.45) is 0 Å². The van der Waals surface area contributed by atoms with Gasteiger partial charge >= 0.3 is 0 Å². The molecule has 124 valence electrons. The number of allylic oxidation sites excluding steroid dienone is 1. The van der Waals surface area contributed by atoms with Crippen LogP contribution in [0.3, 0.4) is 0 Å². The Balaban J connectivity index is 1.87. The van der Waals surface area contributed by atoms with Gasteiger partial charge in [0.1, 0.15) is 11.5 Å². The molecule has 3 rings (SSSR count). The Morgan fingerprint density at radius 2 is 1.64 bits per heavy atom. The van der Waals surface area contributed by atoms with Crippen LogP contribution in [0.1, 0.15) is 17.0 Å². The van der Waals surface area contributed by atoms with Crippen LogP contribution in [0, 0.1) is 11.2 Å².